The smallest absolute Gasteiger partial charge is 0.137 e. The monoisotopic (exact) mass is 343 g/mol. The van der Waals surface area contributed by atoms with Crippen LogP contribution in [0.5, 0.6) is 0 Å². The Hall–Kier alpha value is -0.490. The minimum absolute atomic E-state index is 0.166. The molecule has 5 heteroatoms. The minimum Gasteiger partial charge on any atom is -0.378 e. The summed E-state index contributed by atoms with van der Waals surface area (Å²) in [5.74, 6) is 0.0347. The second kappa shape index (κ2) is 5.72. The van der Waals surface area contributed by atoms with E-state index in [0.717, 1.165) is 31.4 Å². The third kappa shape index (κ3) is 2.64. The lowest BCUT2D eigenvalue weighted by Crippen LogP contribution is -2.43. The topological polar surface area (TPSA) is 44.5 Å². The fraction of sp³-hybridized carbons (Fsp3) is 0.600. The number of ether oxygens (including phenoxy) is 2. The number of benzene rings is 1. The predicted octanol–water partition coefficient (Wildman–Crippen LogP) is 3.17. The van der Waals surface area contributed by atoms with E-state index in [1.165, 1.54) is 6.07 Å². The lowest BCUT2D eigenvalue weighted by molar-refractivity contribution is -0.101. The Morgan fingerprint density at radius 1 is 1.40 bits per heavy atom. The van der Waals surface area contributed by atoms with Crippen molar-refractivity contribution in [2.24, 2.45) is 11.7 Å². The largest absolute Gasteiger partial charge is 0.378 e. The van der Waals surface area contributed by atoms with E-state index in [1.807, 2.05) is 6.07 Å². The maximum atomic E-state index is 13.7. The second-order valence-electron chi connectivity index (χ2n) is 5.76. The predicted molar refractivity (Wildman–Crippen MR) is 77.9 cm³/mol. The van der Waals surface area contributed by atoms with Gasteiger partial charge in [-0.1, -0.05) is 12.1 Å². The van der Waals surface area contributed by atoms with E-state index in [0.29, 0.717) is 23.6 Å². The normalized spacial score (nSPS) is 31.6. The van der Waals surface area contributed by atoms with E-state index in [9.17, 15) is 4.39 Å². The fourth-order valence-corrected chi connectivity index (χ4v) is 3.80. The molecule has 20 heavy (non-hydrogen) atoms. The zero-order valence-corrected chi connectivity index (χ0v) is 12.9. The summed E-state index contributed by atoms with van der Waals surface area (Å²) < 4.78 is 25.5. The van der Waals surface area contributed by atoms with Gasteiger partial charge in [-0.25, -0.2) is 4.39 Å². The van der Waals surface area contributed by atoms with Crippen LogP contribution < -0.4 is 5.73 Å². The van der Waals surface area contributed by atoms with E-state index in [2.05, 4.69) is 15.9 Å². The molecule has 3 rings (SSSR count). The van der Waals surface area contributed by atoms with Gasteiger partial charge in [0, 0.05) is 25.7 Å². The van der Waals surface area contributed by atoms with Crippen molar-refractivity contribution < 1.29 is 13.9 Å². The first-order valence-electron chi connectivity index (χ1n) is 7.02. The summed E-state index contributed by atoms with van der Waals surface area (Å²) >= 11 is 3.31. The lowest BCUT2D eigenvalue weighted by atomic mass is 9.79. The van der Waals surface area contributed by atoms with E-state index in [-0.39, 0.29) is 17.5 Å². The summed E-state index contributed by atoms with van der Waals surface area (Å²) in [6.45, 7) is 2.11. The van der Waals surface area contributed by atoms with Gasteiger partial charge in [0.2, 0.25) is 0 Å². The van der Waals surface area contributed by atoms with Crippen LogP contribution in [-0.2, 0) is 9.47 Å². The molecule has 1 spiro atoms. The molecule has 0 aliphatic carbocycles. The van der Waals surface area contributed by atoms with E-state index in [4.69, 9.17) is 15.2 Å². The molecule has 1 aromatic carbocycles. The average Bonchev–Trinajstić information content (AvgIpc) is 2.89. The van der Waals surface area contributed by atoms with Gasteiger partial charge in [0.25, 0.3) is 0 Å². The SMILES string of the molecule is NC(c1cccc(F)c1Br)C1CCOC2(CCOC2)C1. The van der Waals surface area contributed by atoms with Crippen LogP contribution in [0.4, 0.5) is 4.39 Å². The summed E-state index contributed by atoms with van der Waals surface area (Å²) in [5, 5.41) is 0. The van der Waals surface area contributed by atoms with Crippen LogP contribution in [0.3, 0.4) is 0 Å². The first-order chi connectivity index (χ1) is 9.61. The molecule has 0 amide bonds. The highest BCUT2D eigenvalue weighted by molar-refractivity contribution is 9.10. The highest BCUT2D eigenvalue weighted by atomic mass is 79.9. The summed E-state index contributed by atoms with van der Waals surface area (Å²) in [6, 6.07) is 4.87. The first kappa shape index (κ1) is 14.4. The second-order valence-corrected chi connectivity index (χ2v) is 6.55. The van der Waals surface area contributed by atoms with Crippen molar-refractivity contribution in [2.75, 3.05) is 19.8 Å². The Morgan fingerprint density at radius 2 is 2.25 bits per heavy atom. The molecule has 0 saturated carbocycles. The van der Waals surface area contributed by atoms with Crippen LogP contribution in [0.2, 0.25) is 0 Å². The Morgan fingerprint density at radius 3 is 3.00 bits per heavy atom. The van der Waals surface area contributed by atoms with Crippen molar-refractivity contribution in [3.63, 3.8) is 0 Å². The van der Waals surface area contributed by atoms with Crippen molar-refractivity contribution in [2.45, 2.75) is 30.9 Å². The third-order valence-corrected chi connectivity index (χ3v) is 5.28. The van der Waals surface area contributed by atoms with Gasteiger partial charge in [-0.05, 0) is 46.3 Å². The highest BCUT2D eigenvalue weighted by Crippen LogP contribution is 2.41. The molecule has 2 N–H and O–H groups in total. The molecule has 110 valence electrons. The number of rotatable bonds is 2. The summed E-state index contributed by atoms with van der Waals surface area (Å²) in [7, 11) is 0. The Kier molecular flexibility index (Phi) is 4.13. The van der Waals surface area contributed by atoms with Gasteiger partial charge in [-0.15, -0.1) is 0 Å². The number of nitrogens with two attached hydrogens (primary N) is 1. The quantitative estimate of drug-likeness (QED) is 0.896. The van der Waals surface area contributed by atoms with Crippen LogP contribution in [0, 0.1) is 11.7 Å². The van der Waals surface area contributed by atoms with Gasteiger partial charge >= 0.3 is 0 Å². The maximum absolute atomic E-state index is 13.7. The summed E-state index contributed by atoms with van der Waals surface area (Å²) in [4.78, 5) is 0. The van der Waals surface area contributed by atoms with Gasteiger partial charge in [0.1, 0.15) is 5.82 Å². The van der Waals surface area contributed by atoms with Gasteiger partial charge in [0.15, 0.2) is 0 Å². The Balaban J connectivity index is 1.79. The maximum Gasteiger partial charge on any atom is 0.137 e. The molecule has 2 aliphatic heterocycles. The minimum atomic E-state index is -0.260. The molecular formula is C15H19BrFNO2. The Bertz CT molecular complexity index is 491. The van der Waals surface area contributed by atoms with Crippen molar-refractivity contribution in [3.05, 3.63) is 34.1 Å². The molecule has 3 nitrogen and oxygen atoms in total. The zero-order valence-electron chi connectivity index (χ0n) is 11.3. The molecule has 3 atom stereocenters. The van der Waals surface area contributed by atoms with Gasteiger partial charge in [-0.2, -0.15) is 0 Å². The van der Waals surface area contributed by atoms with Crippen LogP contribution in [0.15, 0.2) is 22.7 Å². The van der Waals surface area contributed by atoms with Crippen LogP contribution in [0.25, 0.3) is 0 Å². The van der Waals surface area contributed by atoms with E-state index in [1.54, 1.807) is 6.07 Å². The first-order valence-corrected chi connectivity index (χ1v) is 7.82. The van der Waals surface area contributed by atoms with E-state index >= 15 is 0 Å². The van der Waals surface area contributed by atoms with Gasteiger partial charge in [0.05, 0.1) is 16.7 Å². The third-order valence-electron chi connectivity index (χ3n) is 4.45. The molecular weight excluding hydrogens is 325 g/mol. The van der Waals surface area contributed by atoms with Crippen LogP contribution >= 0.6 is 15.9 Å². The van der Waals surface area contributed by atoms with Crippen LogP contribution in [0.1, 0.15) is 30.9 Å². The molecule has 2 saturated heterocycles. The van der Waals surface area contributed by atoms with Crippen molar-refractivity contribution in [1.29, 1.82) is 0 Å². The molecule has 0 bridgehead atoms. The summed E-state index contributed by atoms with van der Waals surface area (Å²) in [6.07, 6.45) is 2.73. The van der Waals surface area contributed by atoms with E-state index < -0.39 is 0 Å². The molecule has 3 unspecified atom stereocenters. The number of halogens is 2. The molecule has 2 aliphatic rings. The van der Waals surface area contributed by atoms with Gasteiger partial charge < -0.3 is 15.2 Å². The average molecular weight is 344 g/mol. The number of hydrogen-bond donors (Lipinski definition) is 1. The lowest BCUT2D eigenvalue weighted by Gasteiger charge is -2.39. The zero-order chi connectivity index (χ0) is 14.2. The van der Waals surface area contributed by atoms with Gasteiger partial charge in [-0.3, -0.25) is 0 Å². The van der Waals surface area contributed by atoms with Crippen molar-refractivity contribution in [3.8, 4) is 0 Å². The van der Waals surface area contributed by atoms with Crippen molar-refractivity contribution >= 4 is 15.9 Å². The molecule has 0 radical (unpaired) electrons. The number of hydrogen-bond acceptors (Lipinski definition) is 3. The molecule has 1 aromatic rings. The van der Waals surface area contributed by atoms with Crippen molar-refractivity contribution in [1.82, 2.24) is 0 Å². The van der Waals surface area contributed by atoms with Crippen LogP contribution in [-0.4, -0.2) is 25.4 Å². The standard InChI is InChI=1S/C15H19BrFNO2/c16-13-11(2-1-3-12(13)17)14(18)10-4-6-20-15(8-10)5-7-19-9-15/h1-3,10,14H,4-9,18H2. The Labute approximate surface area is 126 Å². The molecule has 2 fully saturated rings. The molecule has 2 heterocycles. The fourth-order valence-electron chi connectivity index (χ4n) is 3.27. The highest BCUT2D eigenvalue weighted by Gasteiger charge is 2.42. The summed E-state index contributed by atoms with van der Waals surface area (Å²) in [5.41, 5.74) is 7.07. The molecule has 0 aromatic heterocycles.